The molecular formula is C7H7N3O3. The number of hydrogen-bond acceptors (Lipinski definition) is 3. The molecule has 1 unspecified atom stereocenters. The monoisotopic (exact) mass is 181 g/mol. The maximum atomic E-state index is 11.4. The molecule has 6 heteroatoms. The zero-order chi connectivity index (χ0) is 9.59. The van der Waals surface area contributed by atoms with Crippen LogP contribution in [0.15, 0.2) is 4.79 Å². The van der Waals surface area contributed by atoms with E-state index >= 15 is 0 Å². The van der Waals surface area contributed by atoms with Gasteiger partial charge in [-0.25, -0.2) is 4.79 Å². The van der Waals surface area contributed by atoms with Gasteiger partial charge in [-0.1, -0.05) is 0 Å². The number of aromatic nitrogens is 2. The van der Waals surface area contributed by atoms with Gasteiger partial charge in [0, 0.05) is 0 Å². The van der Waals surface area contributed by atoms with E-state index in [1.54, 1.807) is 0 Å². The Balaban J connectivity index is 2.60. The average molecular weight is 181 g/mol. The lowest BCUT2D eigenvalue weighted by molar-refractivity contribution is -0.118. The number of H-pyrrole nitrogens is 2. The molecule has 3 N–H and O–H groups in total. The van der Waals surface area contributed by atoms with Crippen molar-refractivity contribution in [2.45, 2.75) is 6.92 Å². The quantitative estimate of drug-likeness (QED) is 0.469. The van der Waals surface area contributed by atoms with Crippen LogP contribution in [0.4, 0.5) is 5.82 Å². The van der Waals surface area contributed by atoms with Crippen molar-refractivity contribution in [3.63, 3.8) is 0 Å². The van der Waals surface area contributed by atoms with E-state index in [0.717, 1.165) is 0 Å². The SMILES string of the molecule is CC1C(=O)Nc2[nH]c(=O)[nH]c2C1=O. The zero-order valence-corrected chi connectivity index (χ0v) is 6.80. The van der Waals surface area contributed by atoms with E-state index in [9.17, 15) is 14.4 Å². The number of nitrogens with one attached hydrogen (secondary N) is 3. The molecule has 2 heterocycles. The lowest BCUT2D eigenvalue weighted by atomic mass is 10.00. The topological polar surface area (TPSA) is 94.8 Å². The Hall–Kier alpha value is -1.85. The van der Waals surface area contributed by atoms with Crippen LogP contribution in [0.2, 0.25) is 0 Å². The van der Waals surface area contributed by atoms with Crippen LogP contribution in [0, 0.1) is 5.92 Å². The summed E-state index contributed by atoms with van der Waals surface area (Å²) in [6, 6.07) is 0. The average Bonchev–Trinajstić information content (AvgIpc) is 2.42. The van der Waals surface area contributed by atoms with Gasteiger partial charge in [-0.15, -0.1) is 0 Å². The fourth-order valence-corrected chi connectivity index (χ4v) is 1.23. The number of carbonyl (C=O) groups excluding carboxylic acids is 2. The summed E-state index contributed by atoms with van der Waals surface area (Å²) in [5.41, 5.74) is -0.343. The van der Waals surface area contributed by atoms with E-state index in [1.807, 2.05) is 0 Å². The second-order valence-corrected chi connectivity index (χ2v) is 2.90. The molecule has 1 aromatic heterocycles. The molecule has 0 saturated heterocycles. The summed E-state index contributed by atoms with van der Waals surface area (Å²) < 4.78 is 0. The molecule has 1 amide bonds. The number of hydrogen-bond donors (Lipinski definition) is 3. The molecule has 0 saturated carbocycles. The largest absolute Gasteiger partial charge is 0.325 e. The number of rotatable bonds is 0. The van der Waals surface area contributed by atoms with E-state index in [4.69, 9.17) is 0 Å². The summed E-state index contributed by atoms with van der Waals surface area (Å²) in [6.07, 6.45) is 0. The lowest BCUT2D eigenvalue weighted by Crippen LogP contribution is -2.33. The minimum atomic E-state index is -0.737. The van der Waals surface area contributed by atoms with Gasteiger partial charge < -0.3 is 10.3 Å². The Kier molecular flexibility index (Phi) is 1.39. The Morgan fingerprint density at radius 2 is 1.85 bits per heavy atom. The van der Waals surface area contributed by atoms with Gasteiger partial charge in [0.15, 0.2) is 5.78 Å². The molecule has 0 aromatic carbocycles. The molecule has 0 radical (unpaired) electrons. The van der Waals surface area contributed by atoms with Gasteiger partial charge in [-0.3, -0.25) is 14.6 Å². The highest BCUT2D eigenvalue weighted by molar-refractivity contribution is 6.19. The number of imidazole rings is 1. The summed E-state index contributed by atoms with van der Waals surface area (Å²) >= 11 is 0. The molecule has 6 nitrogen and oxygen atoms in total. The van der Waals surface area contributed by atoms with E-state index in [1.165, 1.54) is 6.92 Å². The molecule has 0 aliphatic carbocycles. The summed E-state index contributed by atoms with van der Waals surface area (Å²) in [5.74, 6) is -1.33. The van der Waals surface area contributed by atoms with Crippen molar-refractivity contribution in [1.29, 1.82) is 0 Å². The number of ketones is 1. The highest BCUT2D eigenvalue weighted by Gasteiger charge is 2.32. The van der Waals surface area contributed by atoms with Crippen LogP contribution in [0.25, 0.3) is 0 Å². The minimum Gasteiger partial charge on any atom is -0.310 e. The number of aromatic amines is 2. The standard InChI is InChI=1S/C7H7N3O3/c1-2-4(11)3-5(9-6(2)12)10-7(13)8-3/h2H,1H3,(H,9,12)(H2,8,10,13). The molecule has 68 valence electrons. The summed E-state index contributed by atoms with van der Waals surface area (Å²) in [4.78, 5) is 37.9. The lowest BCUT2D eigenvalue weighted by Gasteiger charge is -2.15. The molecule has 1 aliphatic heterocycles. The molecule has 1 aliphatic rings. The fraction of sp³-hybridized carbons (Fsp3) is 0.286. The van der Waals surface area contributed by atoms with Crippen molar-refractivity contribution in [1.82, 2.24) is 9.97 Å². The highest BCUT2D eigenvalue weighted by Crippen LogP contribution is 2.19. The van der Waals surface area contributed by atoms with Crippen molar-refractivity contribution in [3.05, 3.63) is 16.2 Å². The fourth-order valence-electron chi connectivity index (χ4n) is 1.23. The van der Waals surface area contributed by atoms with Crippen LogP contribution in [0.1, 0.15) is 17.4 Å². The van der Waals surface area contributed by atoms with Crippen molar-refractivity contribution in [2.75, 3.05) is 5.32 Å². The molecule has 2 rings (SSSR count). The number of anilines is 1. The van der Waals surface area contributed by atoms with Gasteiger partial charge in [-0.2, -0.15) is 0 Å². The molecule has 1 atom stereocenters. The van der Waals surface area contributed by atoms with Gasteiger partial charge in [0.25, 0.3) is 0 Å². The molecular weight excluding hydrogens is 174 g/mol. The second-order valence-electron chi connectivity index (χ2n) is 2.90. The van der Waals surface area contributed by atoms with Crippen LogP contribution in [0.5, 0.6) is 0 Å². The third kappa shape index (κ3) is 0.986. The van der Waals surface area contributed by atoms with Crippen molar-refractivity contribution in [2.24, 2.45) is 5.92 Å². The normalized spacial score (nSPS) is 21.2. The first-order chi connectivity index (χ1) is 6.09. The van der Waals surface area contributed by atoms with Gasteiger partial charge in [0.2, 0.25) is 5.91 Å². The Bertz CT molecular complexity index is 442. The minimum absolute atomic E-state index is 0.150. The van der Waals surface area contributed by atoms with E-state index < -0.39 is 17.5 Å². The number of fused-ring (bicyclic) bond motifs is 1. The predicted octanol–water partition coefficient (Wildman–Crippen LogP) is -0.526. The predicted molar refractivity (Wildman–Crippen MR) is 43.5 cm³/mol. The van der Waals surface area contributed by atoms with Crippen molar-refractivity contribution < 1.29 is 9.59 Å². The van der Waals surface area contributed by atoms with Crippen molar-refractivity contribution >= 4 is 17.5 Å². The van der Waals surface area contributed by atoms with E-state index in [2.05, 4.69) is 15.3 Å². The maximum Gasteiger partial charge on any atom is 0.325 e. The van der Waals surface area contributed by atoms with Crippen LogP contribution < -0.4 is 11.0 Å². The molecule has 13 heavy (non-hydrogen) atoms. The zero-order valence-electron chi connectivity index (χ0n) is 6.80. The van der Waals surface area contributed by atoms with Gasteiger partial charge in [0.05, 0.1) is 0 Å². The Morgan fingerprint density at radius 1 is 1.15 bits per heavy atom. The number of carbonyl (C=O) groups is 2. The van der Waals surface area contributed by atoms with Crippen LogP contribution >= 0.6 is 0 Å². The summed E-state index contributed by atoms with van der Waals surface area (Å²) in [5, 5.41) is 2.41. The highest BCUT2D eigenvalue weighted by atomic mass is 16.2. The third-order valence-electron chi connectivity index (χ3n) is 2.01. The van der Waals surface area contributed by atoms with Crippen molar-refractivity contribution in [3.8, 4) is 0 Å². The first-order valence-corrected chi connectivity index (χ1v) is 3.77. The van der Waals surface area contributed by atoms with E-state index in [-0.39, 0.29) is 17.3 Å². The molecule has 0 bridgehead atoms. The van der Waals surface area contributed by atoms with Gasteiger partial charge >= 0.3 is 5.69 Å². The summed E-state index contributed by atoms with van der Waals surface area (Å²) in [6.45, 7) is 1.49. The van der Waals surface area contributed by atoms with Gasteiger partial charge in [-0.05, 0) is 6.92 Å². The van der Waals surface area contributed by atoms with E-state index in [0.29, 0.717) is 0 Å². The number of Topliss-reactive ketones (excluding diaryl/α,β-unsaturated/α-hetero) is 1. The number of amides is 1. The molecule has 0 spiro atoms. The first kappa shape index (κ1) is 7.78. The summed E-state index contributed by atoms with van der Waals surface area (Å²) in [7, 11) is 0. The smallest absolute Gasteiger partial charge is 0.310 e. The van der Waals surface area contributed by atoms with Gasteiger partial charge in [0.1, 0.15) is 17.4 Å². The first-order valence-electron chi connectivity index (χ1n) is 3.77. The van der Waals surface area contributed by atoms with Crippen LogP contribution in [-0.4, -0.2) is 21.7 Å². The van der Waals surface area contributed by atoms with Crippen LogP contribution in [-0.2, 0) is 4.79 Å². The molecule has 0 fully saturated rings. The Labute approximate surface area is 72.3 Å². The third-order valence-corrected chi connectivity index (χ3v) is 2.01. The second kappa shape index (κ2) is 2.32. The Morgan fingerprint density at radius 3 is 2.54 bits per heavy atom. The maximum absolute atomic E-state index is 11.4. The molecule has 1 aromatic rings. The van der Waals surface area contributed by atoms with Crippen LogP contribution in [0.3, 0.4) is 0 Å².